The third kappa shape index (κ3) is 2.18. The Balaban J connectivity index is 2.64. The lowest BCUT2D eigenvalue weighted by molar-refractivity contribution is 0.158. The van der Waals surface area contributed by atoms with E-state index in [1.54, 1.807) is 0 Å². The van der Waals surface area contributed by atoms with E-state index in [1.165, 1.54) is 0 Å². The molecule has 1 rings (SSSR count). The summed E-state index contributed by atoms with van der Waals surface area (Å²) in [5, 5.41) is 6.09. The van der Waals surface area contributed by atoms with Crippen LogP contribution in [0.4, 0.5) is 4.79 Å². The fraction of sp³-hybridized carbons (Fsp3) is 0.900. The van der Waals surface area contributed by atoms with Crippen molar-refractivity contribution in [3.05, 3.63) is 0 Å². The number of nitrogens with one attached hydrogen (secondary N) is 2. The molecule has 4 heteroatoms. The first-order chi connectivity index (χ1) is 6.51. The Hall–Kier alpha value is -0.770. The van der Waals surface area contributed by atoms with Crippen LogP contribution in [0.25, 0.3) is 0 Å². The molecule has 0 bridgehead atoms. The van der Waals surface area contributed by atoms with Gasteiger partial charge in [-0.05, 0) is 27.3 Å². The lowest BCUT2D eigenvalue weighted by Crippen LogP contribution is -2.51. The quantitative estimate of drug-likeness (QED) is 0.703. The van der Waals surface area contributed by atoms with Crippen LogP contribution < -0.4 is 10.6 Å². The Kier molecular flexibility index (Phi) is 3.37. The van der Waals surface area contributed by atoms with Crippen LogP contribution in [0.3, 0.4) is 0 Å². The second-order valence-electron chi connectivity index (χ2n) is 4.51. The number of likely N-dealkylation sites (N-methyl/N-ethyl adjacent to an activating group) is 1. The molecular formula is C10H21N3O. The zero-order chi connectivity index (χ0) is 10.8. The average molecular weight is 199 g/mol. The molecule has 1 unspecified atom stereocenters. The summed E-state index contributed by atoms with van der Waals surface area (Å²) in [6.07, 6.45) is 0.998. The molecule has 82 valence electrons. The van der Waals surface area contributed by atoms with Gasteiger partial charge in [0.1, 0.15) is 0 Å². The highest BCUT2D eigenvalue weighted by molar-refractivity contribution is 5.77. The van der Waals surface area contributed by atoms with E-state index in [9.17, 15) is 4.79 Å². The molecule has 1 fully saturated rings. The number of carbonyl (C=O) groups excluding carboxylic acids is 1. The summed E-state index contributed by atoms with van der Waals surface area (Å²) < 4.78 is 0. The minimum atomic E-state index is -0.108. The summed E-state index contributed by atoms with van der Waals surface area (Å²) in [6, 6.07) is 0.385. The number of hydrogen-bond acceptors (Lipinski definition) is 2. The number of urea groups is 1. The van der Waals surface area contributed by atoms with E-state index in [1.807, 2.05) is 11.9 Å². The lowest BCUT2D eigenvalue weighted by atomic mass is 10.0. The molecule has 0 saturated carbocycles. The zero-order valence-corrected chi connectivity index (χ0v) is 9.55. The van der Waals surface area contributed by atoms with E-state index in [0.717, 1.165) is 19.5 Å². The molecule has 14 heavy (non-hydrogen) atoms. The predicted molar refractivity (Wildman–Crippen MR) is 57.3 cm³/mol. The maximum atomic E-state index is 11.7. The second-order valence-corrected chi connectivity index (χ2v) is 4.51. The highest BCUT2D eigenvalue weighted by Crippen LogP contribution is 2.19. The number of hydrogen-bond donors (Lipinski definition) is 2. The van der Waals surface area contributed by atoms with Crippen LogP contribution in [0.2, 0.25) is 0 Å². The molecule has 0 spiro atoms. The van der Waals surface area contributed by atoms with Crippen LogP contribution in [0.5, 0.6) is 0 Å². The summed E-state index contributed by atoms with van der Waals surface area (Å²) in [5.41, 5.74) is -0.108. The van der Waals surface area contributed by atoms with Gasteiger partial charge in [-0.3, -0.25) is 0 Å². The maximum absolute atomic E-state index is 11.7. The number of carbonyl (C=O) groups is 1. The van der Waals surface area contributed by atoms with Crippen molar-refractivity contribution >= 4 is 6.03 Å². The number of rotatable bonds is 4. The molecule has 0 aromatic carbocycles. The van der Waals surface area contributed by atoms with E-state index in [4.69, 9.17) is 0 Å². The molecule has 1 aliphatic heterocycles. The monoisotopic (exact) mass is 199 g/mol. The van der Waals surface area contributed by atoms with E-state index in [-0.39, 0.29) is 11.6 Å². The summed E-state index contributed by atoms with van der Waals surface area (Å²) in [4.78, 5) is 13.6. The molecular weight excluding hydrogens is 178 g/mol. The van der Waals surface area contributed by atoms with Crippen LogP contribution in [-0.2, 0) is 0 Å². The van der Waals surface area contributed by atoms with Gasteiger partial charge < -0.3 is 15.5 Å². The normalized spacial score (nSPS) is 22.7. The van der Waals surface area contributed by atoms with Crippen LogP contribution in [0.1, 0.15) is 27.2 Å². The topological polar surface area (TPSA) is 44.4 Å². The largest absolute Gasteiger partial charge is 0.333 e. The van der Waals surface area contributed by atoms with Crippen LogP contribution in [-0.4, -0.2) is 42.6 Å². The molecule has 0 aromatic heterocycles. The van der Waals surface area contributed by atoms with Crippen LogP contribution in [0.15, 0.2) is 0 Å². The molecule has 2 amide bonds. The average Bonchev–Trinajstić information content (AvgIpc) is 2.47. The van der Waals surface area contributed by atoms with Gasteiger partial charge in [0.25, 0.3) is 0 Å². The zero-order valence-electron chi connectivity index (χ0n) is 9.55. The predicted octanol–water partition coefficient (Wildman–Crippen LogP) is 0.788. The van der Waals surface area contributed by atoms with Gasteiger partial charge in [-0.2, -0.15) is 0 Å². The van der Waals surface area contributed by atoms with Gasteiger partial charge in [-0.25, -0.2) is 4.79 Å². The molecule has 2 N–H and O–H groups in total. The second kappa shape index (κ2) is 4.17. The SMILES string of the molecule is CCC1CN(C(C)(C)CNC)C(=O)N1. The van der Waals surface area contributed by atoms with Crippen molar-refractivity contribution in [1.29, 1.82) is 0 Å². The van der Waals surface area contributed by atoms with Crippen molar-refractivity contribution < 1.29 is 4.79 Å². The summed E-state index contributed by atoms with van der Waals surface area (Å²) in [5.74, 6) is 0. The smallest absolute Gasteiger partial charge is 0.318 e. The molecule has 0 aromatic rings. The molecule has 0 aliphatic carbocycles. The van der Waals surface area contributed by atoms with E-state index < -0.39 is 0 Å². The van der Waals surface area contributed by atoms with Crippen molar-refractivity contribution in [3.63, 3.8) is 0 Å². The van der Waals surface area contributed by atoms with E-state index >= 15 is 0 Å². The number of amides is 2. The Labute approximate surface area is 86.0 Å². The number of nitrogens with zero attached hydrogens (tertiary/aromatic N) is 1. The van der Waals surface area contributed by atoms with Gasteiger partial charge in [0.05, 0.1) is 5.54 Å². The minimum absolute atomic E-state index is 0.0668. The molecule has 1 atom stereocenters. The highest BCUT2D eigenvalue weighted by Gasteiger charge is 2.37. The fourth-order valence-corrected chi connectivity index (χ4v) is 1.88. The Morgan fingerprint density at radius 2 is 2.29 bits per heavy atom. The van der Waals surface area contributed by atoms with Gasteiger partial charge in [-0.1, -0.05) is 6.92 Å². The first-order valence-corrected chi connectivity index (χ1v) is 5.24. The fourth-order valence-electron chi connectivity index (χ4n) is 1.88. The molecule has 4 nitrogen and oxygen atoms in total. The molecule has 1 aliphatic rings. The summed E-state index contributed by atoms with van der Waals surface area (Å²) in [7, 11) is 1.91. The highest BCUT2D eigenvalue weighted by atomic mass is 16.2. The van der Waals surface area contributed by atoms with Gasteiger partial charge in [0.2, 0.25) is 0 Å². The Morgan fingerprint density at radius 1 is 1.64 bits per heavy atom. The van der Waals surface area contributed by atoms with Crippen LogP contribution >= 0.6 is 0 Å². The minimum Gasteiger partial charge on any atom is -0.333 e. The molecule has 1 saturated heterocycles. The van der Waals surface area contributed by atoms with Crippen molar-refractivity contribution in [3.8, 4) is 0 Å². The van der Waals surface area contributed by atoms with E-state index in [0.29, 0.717) is 6.04 Å². The van der Waals surface area contributed by atoms with Crippen molar-refractivity contribution in [2.45, 2.75) is 38.8 Å². The van der Waals surface area contributed by atoms with Crippen LogP contribution in [0, 0.1) is 0 Å². The molecule has 0 radical (unpaired) electrons. The first-order valence-electron chi connectivity index (χ1n) is 5.24. The summed E-state index contributed by atoms with van der Waals surface area (Å²) >= 11 is 0. The third-order valence-electron chi connectivity index (χ3n) is 2.81. The Bertz CT molecular complexity index is 215. The van der Waals surface area contributed by atoms with Crippen molar-refractivity contribution in [2.75, 3.05) is 20.1 Å². The third-order valence-corrected chi connectivity index (χ3v) is 2.81. The van der Waals surface area contributed by atoms with Crippen molar-refractivity contribution in [2.24, 2.45) is 0 Å². The van der Waals surface area contributed by atoms with Gasteiger partial charge in [0, 0.05) is 19.1 Å². The van der Waals surface area contributed by atoms with Gasteiger partial charge in [-0.15, -0.1) is 0 Å². The van der Waals surface area contributed by atoms with Crippen molar-refractivity contribution in [1.82, 2.24) is 15.5 Å². The van der Waals surface area contributed by atoms with Gasteiger partial charge in [0.15, 0.2) is 0 Å². The maximum Gasteiger partial charge on any atom is 0.318 e. The van der Waals surface area contributed by atoms with E-state index in [2.05, 4.69) is 31.4 Å². The van der Waals surface area contributed by atoms with Gasteiger partial charge >= 0.3 is 6.03 Å². The first kappa shape index (κ1) is 11.3. The molecule has 1 heterocycles. The lowest BCUT2D eigenvalue weighted by Gasteiger charge is -2.34. The summed E-state index contributed by atoms with van der Waals surface area (Å²) in [6.45, 7) is 7.91. The standard InChI is InChI=1S/C10H21N3O/c1-5-8-6-13(9(14)12-8)10(2,3)7-11-4/h8,11H,5-7H2,1-4H3,(H,12,14). The Morgan fingerprint density at radius 3 is 2.71 bits per heavy atom.